The number of carboxylic acid groups (broad SMARTS) is 3. The van der Waals surface area contributed by atoms with E-state index in [1.54, 1.807) is 0 Å². The van der Waals surface area contributed by atoms with Gasteiger partial charge in [-0.15, -0.1) is 0 Å². The lowest BCUT2D eigenvalue weighted by Gasteiger charge is -2.24. The number of rotatable bonds is 8. The van der Waals surface area contributed by atoms with Gasteiger partial charge in [0.25, 0.3) is 0 Å². The molecule has 0 aliphatic carbocycles. The Morgan fingerprint density at radius 3 is 1.23 bits per heavy atom. The largest absolute Gasteiger partial charge is 0.481 e. The van der Waals surface area contributed by atoms with Crippen molar-refractivity contribution >= 4 is 17.9 Å². The Bertz CT molecular complexity index is 303. The van der Waals surface area contributed by atoms with Crippen molar-refractivity contribution in [2.24, 2.45) is 5.41 Å². The zero-order valence-electron chi connectivity index (χ0n) is 12.4. The van der Waals surface area contributed by atoms with Crippen LogP contribution in [-0.2, 0) is 14.4 Å². The average molecular weight is 324 g/mol. The molecule has 0 radical (unpaired) electrons. The van der Waals surface area contributed by atoms with E-state index in [0.29, 0.717) is 6.42 Å². The molecule has 0 heterocycles. The SMILES string of the molecule is C=CC(=O)O.CCC(CO)(CO)CO.O=C(O)CCC(=O)O. The topological polar surface area (TPSA) is 173 Å². The Morgan fingerprint density at radius 1 is 0.909 bits per heavy atom. The molecule has 0 amide bonds. The first kappa shape index (κ1) is 25.0. The lowest BCUT2D eigenvalue weighted by molar-refractivity contribution is -0.143. The summed E-state index contributed by atoms with van der Waals surface area (Å²) in [7, 11) is 0. The van der Waals surface area contributed by atoms with E-state index >= 15 is 0 Å². The van der Waals surface area contributed by atoms with Gasteiger partial charge in [-0.1, -0.05) is 13.5 Å². The second-order valence-corrected chi connectivity index (χ2v) is 4.16. The zero-order valence-corrected chi connectivity index (χ0v) is 12.4. The van der Waals surface area contributed by atoms with Gasteiger partial charge in [0.15, 0.2) is 0 Å². The molecule has 0 saturated heterocycles. The fourth-order valence-corrected chi connectivity index (χ4v) is 0.699. The van der Waals surface area contributed by atoms with Crippen molar-refractivity contribution in [1.29, 1.82) is 0 Å². The van der Waals surface area contributed by atoms with Crippen LogP contribution >= 0.6 is 0 Å². The molecule has 0 fully saturated rings. The summed E-state index contributed by atoms with van der Waals surface area (Å²) in [5.74, 6) is -3.13. The minimum absolute atomic E-state index is 0.156. The van der Waals surface area contributed by atoms with Crippen molar-refractivity contribution in [3.8, 4) is 0 Å². The molecule has 0 aromatic carbocycles. The molecule has 0 unspecified atom stereocenters. The summed E-state index contributed by atoms with van der Waals surface area (Å²) in [4.78, 5) is 28.5. The van der Waals surface area contributed by atoms with E-state index in [0.717, 1.165) is 6.08 Å². The summed E-state index contributed by atoms with van der Waals surface area (Å²) in [6.07, 6.45) is 0.834. The molecule has 0 aromatic rings. The van der Waals surface area contributed by atoms with Crippen LogP contribution in [0.2, 0.25) is 0 Å². The van der Waals surface area contributed by atoms with Gasteiger partial charge in [-0.25, -0.2) is 4.79 Å². The number of carboxylic acids is 3. The maximum absolute atomic E-state index is 9.64. The summed E-state index contributed by atoms with van der Waals surface area (Å²) in [5, 5.41) is 49.4. The molecular weight excluding hydrogens is 300 g/mol. The van der Waals surface area contributed by atoms with Gasteiger partial charge in [-0.3, -0.25) is 9.59 Å². The van der Waals surface area contributed by atoms with Gasteiger partial charge in [0.05, 0.1) is 32.7 Å². The van der Waals surface area contributed by atoms with Crippen LogP contribution in [-0.4, -0.2) is 68.4 Å². The molecule has 130 valence electrons. The Kier molecular flexibility index (Phi) is 17.5. The zero-order chi connectivity index (χ0) is 18.2. The molecule has 0 atom stereocenters. The van der Waals surface area contributed by atoms with Gasteiger partial charge < -0.3 is 30.6 Å². The fraction of sp³-hybridized carbons (Fsp3) is 0.615. The molecule has 0 bridgehead atoms. The van der Waals surface area contributed by atoms with Gasteiger partial charge in [0.1, 0.15) is 0 Å². The summed E-state index contributed by atoms with van der Waals surface area (Å²) in [5.41, 5.74) is -0.667. The first-order chi connectivity index (χ1) is 10.1. The Morgan fingerprint density at radius 2 is 1.18 bits per heavy atom. The number of aliphatic carboxylic acids is 3. The van der Waals surface area contributed by atoms with E-state index in [-0.39, 0.29) is 32.7 Å². The van der Waals surface area contributed by atoms with Crippen LogP contribution < -0.4 is 0 Å². The predicted molar refractivity (Wildman–Crippen MR) is 76.3 cm³/mol. The monoisotopic (exact) mass is 324 g/mol. The minimum Gasteiger partial charge on any atom is -0.481 e. The van der Waals surface area contributed by atoms with Crippen molar-refractivity contribution in [2.75, 3.05) is 19.8 Å². The van der Waals surface area contributed by atoms with E-state index < -0.39 is 23.3 Å². The van der Waals surface area contributed by atoms with Crippen molar-refractivity contribution in [1.82, 2.24) is 0 Å². The van der Waals surface area contributed by atoms with E-state index in [2.05, 4.69) is 6.58 Å². The van der Waals surface area contributed by atoms with E-state index in [9.17, 15) is 14.4 Å². The predicted octanol–water partition coefficient (Wildman–Crippen LogP) is -0.448. The second kappa shape index (κ2) is 15.4. The molecule has 9 nitrogen and oxygen atoms in total. The molecule has 6 N–H and O–H groups in total. The van der Waals surface area contributed by atoms with Crippen LogP contribution in [0.25, 0.3) is 0 Å². The maximum atomic E-state index is 9.64. The van der Waals surface area contributed by atoms with Gasteiger partial charge >= 0.3 is 17.9 Å². The van der Waals surface area contributed by atoms with Crippen molar-refractivity contribution in [2.45, 2.75) is 26.2 Å². The molecule has 0 spiro atoms. The van der Waals surface area contributed by atoms with Crippen molar-refractivity contribution in [3.05, 3.63) is 12.7 Å². The van der Waals surface area contributed by atoms with E-state index in [1.807, 2.05) is 6.92 Å². The normalized spacial score (nSPS) is 9.45. The lowest BCUT2D eigenvalue weighted by atomic mass is 9.88. The van der Waals surface area contributed by atoms with Crippen LogP contribution in [0.5, 0.6) is 0 Å². The lowest BCUT2D eigenvalue weighted by Crippen LogP contribution is -2.32. The van der Waals surface area contributed by atoms with Crippen LogP contribution in [0, 0.1) is 5.41 Å². The minimum atomic E-state index is -1.08. The third-order valence-electron chi connectivity index (χ3n) is 2.48. The van der Waals surface area contributed by atoms with Crippen LogP contribution in [0.15, 0.2) is 12.7 Å². The summed E-state index contributed by atoms with van der Waals surface area (Å²) < 4.78 is 0. The Hall–Kier alpha value is -1.97. The number of carbonyl (C=O) groups is 3. The highest BCUT2D eigenvalue weighted by Gasteiger charge is 2.24. The van der Waals surface area contributed by atoms with Gasteiger partial charge in [0, 0.05) is 11.5 Å². The molecule has 0 aromatic heterocycles. The Balaban J connectivity index is -0.000000257. The summed E-state index contributed by atoms with van der Waals surface area (Å²) >= 11 is 0. The van der Waals surface area contributed by atoms with E-state index in [4.69, 9.17) is 30.6 Å². The quantitative estimate of drug-likeness (QED) is 0.323. The Labute approximate surface area is 128 Å². The third kappa shape index (κ3) is 18.0. The molecule has 0 aliphatic heterocycles. The van der Waals surface area contributed by atoms with Gasteiger partial charge in [-0.2, -0.15) is 0 Å². The molecule has 9 heteroatoms. The smallest absolute Gasteiger partial charge is 0.327 e. The number of hydrogen-bond donors (Lipinski definition) is 6. The average Bonchev–Trinajstić information content (AvgIpc) is 2.49. The second-order valence-electron chi connectivity index (χ2n) is 4.16. The summed E-state index contributed by atoms with van der Waals surface area (Å²) in [6, 6.07) is 0. The van der Waals surface area contributed by atoms with Gasteiger partial charge in [-0.05, 0) is 6.42 Å². The molecule has 0 saturated carbocycles. The molecule has 0 aliphatic rings. The van der Waals surface area contributed by atoms with E-state index in [1.165, 1.54) is 0 Å². The number of aliphatic hydroxyl groups is 3. The highest BCUT2D eigenvalue weighted by atomic mass is 16.4. The number of aliphatic hydroxyl groups excluding tert-OH is 3. The van der Waals surface area contributed by atoms with Crippen LogP contribution in [0.1, 0.15) is 26.2 Å². The summed E-state index contributed by atoms with van der Waals surface area (Å²) in [6.45, 7) is 4.31. The van der Waals surface area contributed by atoms with Crippen molar-refractivity contribution in [3.63, 3.8) is 0 Å². The third-order valence-corrected chi connectivity index (χ3v) is 2.48. The highest BCUT2D eigenvalue weighted by molar-refractivity contribution is 5.78. The maximum Gasteiger partial charge on any atom is 0.327 e. The fourth-order valence-electron chi connectivity index (χ4n) is 0.699. The molecular formula is C13H24O9. The van der Waals surface area contributed by atoms with Crippen LogP contribution in [0.3, 0.4) is 0 Å². The standard InChI is InChI=1S/C6H14O3.C4H6O4.C3H4O2/c1-2-6(3-7,4-8)5-9;5-3(6)1-2-4(7)8;1-2-3(4)5/h7-9H,2-5H2,1H3;1-2H2,(H,5,6)(H,7,8);2H,1H2,(H,4,5). The van der Waals surface area contributed by atoms with Crippen LogP contribution in [0.4, 0.5) is 0 Å². The first-order valence-electron chi connectivity index (χ1n) is 6.26. The molecule has 0 rings (SSSR count). The van der Waals surface area contributed by atoms with Gasteiger partial charge in [0.2, 0.25) is 0 Å². The van der Waals surface area contributed by atoms with Crippen molar-refractivity contribution < 1.29 is 45.0 Å². The number of hydrogen-bond acceptors (Lipinski definition) is 6. The first-order valence-corrected chi connectivity index (χ1v) is 6.26. The molecule has 22 heavy (non-hydrogen) atoms. The highest BCUT2D eigenvalue weighted by Crippen LogP contribution is 2.18.